The van der Waals surface area contributed by atoms with Gasteiger partial charge in [0.15, 0.2) is 0 Å². The van der Waals surface area contributed by atoms with Crippen LogP contribution in [0, 0.1) is 0 Å². The number of carbonyl (C=O) groups excluding carboxylic acids is 2. The van der Waals surface area contributed by atoms with Crippen molar-refractivity contribution in [2.24, 2.45) is 0 Å². The predicted molar refractivity (Wildman–Crippen MR) is 131 cm³/mol. The lowest BCUT2D eigenvalue weighted by atomic mass is 9.93. The molecule has 0 bridgehead atoms. The molecule has 0 atom stereocenters. The van der Waals surface area contributed by atoms with E-state index in [9.17, 15) is 9.59 Å². The molecule has 0 radical (unpaired) electrons. The molecule has 1 aliphatic heterocycles. The monoisotopic (exact) mass is 451 g/mol. The second-order valence-electron chi connectivity index (χ2n) is 8.34. The van der Waals surface area contributed by atoms with Crippen molar-refractivity contribution in [2.45, 2.75) is 13.1 Å². The molecule has 2 amide bonds. The van der Waals surface area contributed by atoms with Gasteiger partial charge < -0.3 is 5.32 Å². The van der Waals surface area contributed by atoms with Crippen molar-refractivity contribution >= 4 is 28.3 Å². The third kappa shape index (κ3) is 4.25. The fraction of sp³-hybridized carbons (Fsp3) is 0.185. The molecule has 0 saturated heterocycles. The summed E-state index contributed by atoms with van der Waals surface area (Å²) in [6.45, 7) is 2.85. The number of hydrogen-bond donors (Lipinski definition) is 1. The SMILES string of the molecule is CN1C(=O)c2cccc3c(NCCN(Cc4ccccn4)Cc4ccccn4)ccc(c23)C1=O. The maximum Gasteiger partial charge on any atom is 0.261 e. The first-order valence-corrected chi connectivity index (χ1v) is 11.3. The van der Waals surface area contributed by atoms with Crippen LogP contribution in [0.1, 0.15) is 32.1 Å². The number of amides is 2. The molecule has 1 aliphatic rings. The van der Waals surface area contributed by atoms with Crippen LogP contribution < -0.4 is 5.32 Å². The van der Waals surface area contributed by atoms with Crippen LogP contribution in [0.3, 0.4) is 0 Å². The zero-order valence-electron chi connectivity index (χ0n) is 18.9. The van der Waals surface area contributed by atoms with Gasteiger partial charge in [0.25, 0.3) is 11.8 Å². The number of hydrogen-bond acceptors (Lipinski definition) is 6. The summed E-state index contributed by atoms with van der Waals surface area (Å²) in [5, 5.41) is 5.12. The van der Waals surface area contributed by atoms with Crippen LogP contribution in [0.25, 0.3) is 10.8 Å². The Morgan fingerprint density at radius 1 is 0.794 bits per heavy atom. The molecule has 0 saturated carbocycles. The first-order valence-electron chi connectivity index (χ1n) is 11.3. The van der Waals surface area contributed by atoms with Crippen molar-refractivity contribution in [1.82, 2.24) is 19.8 Å². The lowest BCUT2D eigenvalue weighted by Crippen LogP contribution is -2.37. The summed E-state index contributed by atoms with van der Waals surface area (Å²) in [5.74, 6) is -0.533. The Morgan fingerprint density at radius 2 is 1.44 bits per heavy atom. The van der Waals surface area contributed by atoms with Gasteiger partial charge in [-0.25, -0.2) is 0 Å². The summed E-state index contributed by atoms with van der Waals surface area (Å²) < 4.78 is 0. The summed E-state index contributed by atoms with van der Waals surface area (Å²) in [6.07, 6.45) is 3.61. The summed E-state index contributed by atoms with van der Waals surface area (Å²) in [6, 6.07) is 21.2. The fourth-order valence-electron chi connectivity index (χ4n) is 4.38. The van der Waals surface area contributed by atoms with Gasteiger partial charge in [0, 0.05) is 73.2 Å². The van der Waals surface area contributed by atoms with Crippen LogP contribution >= 0.6 is 0 Å². The Balaban J connectivity index is 1.36. The second-order valence-corrected chi connectivity index (χ2v) is 8.34. The van der Waals surface area contributed by atoms with E-state index in [0.717, 1.165) is 34.4 Å². The van der Waals surface area contributed by atoms with E-state index in [2.05, 4.69) is 20.2 Å². The van der Waals surface area contributed by atoms with Gasteiger partial charge in [0.05, 0.1) is 11.4 Å². The van der Waals surface area contributed by atoms with Gasteiger partial charge in [-0.05, 0) is 42.5 Å². The van der Waals surface area contributed by atoms with E-state index in [0.29, 0.717) is 30.8 Å². The molecule has 0 fully saturated rings. The average molecular weight is 452 g/mol. The highest BCUT2D eigenvalue weighted by molar-refractivity contribution is 6.26. The van der Waals surface area contributed by atoms with Crippen molar-refractivity contribution in [1.29, 1.82) is 0 Å². The topological polar surface area (TPSA) is 78.4 Å². The zero-order valence-corrected chi connectivity index (χ0v) is 18.9. The van der Waals surface area contributed by atoms with E-state index < -0.39 is 0 Å². The molecule has 34 heavy (non-hydrogen) atoms. The van der Waals surface area contributed by atoms with E-state index in [4.69, 9.17) is 0 Å². The molecule has 170 valence electrons. The molecule has 1 N–H and O–H groups in total. The van der Waals surface area contributed by atoms with Gasteiger partial charge in [0.2, 0.25) is 0 Å². The van der Waals surface area contributed by atoms with Crippen LogP contribution in [0.15, 0.2) is 79.1 Å². The molecule has 4 aromatic rings. The number of anilines is 1. The fourth-order valence-corrected chi connectivity index (χ4v) is 4.38. The highest BCUT2D eigenvalue weighted by Gasteiger charge is 2.30. The highest BCUT2D eigenvalue weighted by Crippen LogP contribution is 2.33. The van der Waals surface area contributed by atoms with E-state index in [1.54, 1.807) is 12.1 Å². The molecule has 2 aromatic heterocycles. The molecule has 0 aliphatic carbocycles. The molecule has 0 spiro atoms. The molecular weight excluding hydrogens is 426 g/mol. The average Bonchev–Trinajstić information content (AvgIpc) is 2.87. The van der Waals surface area contributed by atoms with E-state index in [-0.39, 0.29) is 11.8 Å². The number of benzene rings is 2. The van der Waals surface area contributed by atoms with E-state index >= 15 is 0 Å². The maximum absolute atomic E-state index is 12.6. The first-order chi connectivity index (χ1) is 16.6. The van der Waals surface area contributed by atoms with Crippen molar-refractivity contribution in [3.63, 3.8) is 0 Å². The number of carbonyl (C=O) groups is 2. The Kier molecular flexibility index (Phi) is 6.01. The number of nitrogens with zero attached hydrogens (tertiary/aromatic N) is 4. The van der Waals surface area contributed by atoms with Gasteiger partial charge in [-0.2, -0.15) is 0 Å². The third-order valence-corrected chi connectivity index (χ3v) is 6.08. The van der Waals surface area contributed by atoms with Crippen molar-refractivity contribution < 1.29 is 9.59 Å². The Bertz CT molecular complexity index is 1280. The van der Waals surface area contributed by atoms with Gasteiger partial charge >= 0.3 is 0 Å². The smallest absolute Gasteiger partial charge is 0.261 e. The van der Waals surface area contributed by atoms with Gasteiger partial charge in [-0.15, -0.1) is 0 Å². The molecule has 5 rings (SSSR count). The largest absolute Gasteiger partial charge is 0.383 e. The molecule has 7 nitrogen and oxygen atoms in total. The Labute approximate surface area is 198 Å². The van der Waals surface area contributed by atoms with Gasteiger partial charge in [0.1, 0.15) is 0 Å². The maximum atomic E-state index is 12.6. The zero-order chi connectivity index (χ0) is 23.5. The highest BCUT2D eigenvalue weighted by atomic mass is 16.2. The Morgan fingerprint density at radius 3 is 2.06 bits per heavy atom. The summed E-state index contributed by atoms with van der Waals surface area (Å²) in [5.41, 5.74) is 4.03. The molecule has 3 heterocycles. The molecule has 0 unspecified atom stereocenters. The van der Waals surface area contributed by atoms with Crippen molar-refractivity contribution in [3.8, 4) is 0 Å². The molecule has 2 aromatic carbocycles. The van der Waals surface area contributed by atoms with E-state index in [1.165, 1.54) is 11.9 Å². The van der Waals surface area contributed by atoms with Crippen LogP contribution in [-0.2, 0) is 13.1 Å². The van der Waals surface area contributed by atoms with E-state index in [1.807, 2.05) is 67.0 Å². The van der Waals surface area contributed by atoms with Crippen molar-refractivity contribution in [2.75, 3.05) is 25.5 Å². The van der Waals surface area contributed by atoms with Crippen LogP contribution in [-0.4, -0.2) is 51.7 Å². The lowest BCUT2D eigenvalue weighted by molar-refractivity contribution is 0.0650. The Hall–Kier alpha value is -4.10. The quantitative estimate of drug-likeness (QED) is 0.409. The minimum absolute atomic E-state index is 0.267. The van der Waals surface area contributed by atoms with Crippen LogP contribution in [0.5, 0.6) is 0 Å². The third-order valence-electron chi connectivity index (χ3n) is 6.08. The minimum Gasteiger partial charge on any atom is -0.383 e. The van der Waals surface area contributed by atoms with Crippen LogP contribution in [0.4, 0.5) is 5.69 Å². The summed E-state index contributed by atoms with van der Waals surface area (Å²) in [4.78, 5) is 37.7. The second kappa shape index (κ2) is 9.41. The summed E-state index contributed by atoms with van der Waals surface area (Å²) in [7, 11) is 1.52. The van der Waals surface area contributed by atoms with Crippen LogP contribution in [0.2, 0.25) is 0 Å². The first kappa shape index (κ1) is 21.7. The molecular formula is C27H25N5O2. The van der Waals surface area contributed by atoms with Crippen molar-refractivity contribution in [3.05, 3.63) is 102 Å². The summed E-state index contributed by atoms with van der Waals surface area (Å²) >= 11 is 0. The minimum atomic E-state index is -0.267. The lowest BCUT2D eigenvalue weighted by Gasteiger charge is -2.25. The normalized spacial score (nSPS) is 13.1. The standard InChI is InChI=1S/C27H25N5O2/c1-31-26(33)22-10-6-9-21-24(12-11-23(25(21)22)27(31)34)30-15-16-32(17-19-7-2-4-13-28-19)18-20-8-3-5-14-29-20/h2-14,30H,15-18H2,1H3. The number of imide groups is 1. The van der Waals surface area contributed by atoms with Gasteiger partial charge in [-0.3, -0.25) is 29.4 Å². The number of nitrogens with one attached hydrogen (secondary N) is 1. The number of aromatic nitrogens is 2. The van der Waals surface area contributed by atoms with Gasteiger partial charge in [-0.1, -0.05) is 24.3 Å². The predicted octanol–water partition coefficient (Wildman–Crippen LogP) is 3.97. The molecule has 7 heteroatoms. The number of rotatable bonds is 8. The number of pyridine rings is 2.